The van der Waals surface area contributed by atoms with Crippen LogP contribution in [0.4, 0.5) is 8.78 Å². The van der Waals surface area contributed by atoms with Crippen molar-refractivity contribution in [2.24, 2.45) is 16.8 Å². The van der Waals surface area contributed by atoms with Crippen LogP contribution in [-0.2, 0) is 4.74 Å². The van der Waals surface area contributed by atoms with Crippen molar-refractivity contribution in [2.75, 3.05) is 6.61 Å². The van der Waals surface area contributed by atoms with Crippen LogP contribution in [-0.4, -0.2) is 24.6 Å². The lowest BCUT2D eigenvalue weighted by atomic mass is 9.88. The molecule has 4 nitrogen and oxygen atoms in total. The summed E-state index contributed by atoms with van der Waals surface area (Å²) in [5.74, 6) is -2.25. The number of hydrogen-bond donors (Lipinski definition) is 1. The Morgan fingerprint density at radius 1 is 1.36 bits per heavy atom. The van der Waals surface area contributed by atoms with Gasteiger partial charge in [0.1, 0.15) is 12.3 Å². The summed E-state index contributed by atoms with van der Waals surface area (Å²) >= 11 is 0. The van der Waals surface area contributed by atoms with E-state index < -0.39 is 18.0 Å². The molecule has 2 saturated carbocycles. The summed E-state index contributed by atoms with van der Waals surface area (Å²) in [5, 5.41) is 7.94. The van der Waals surface area contributed by atoms with E-state index in [9.17, 15) is 8.78 Å². The Balaban J connectivity index is 1.72. The number of allylic oxidation sites excluding steroid dienone is 2. The number of hydrogen-bond acceptors (Lipinski definition) is 4. The molecule has 1 radical (unpaired) electrons. The Bertz CT molecular complexity index is 536. The fraction of sp³-hybridized carbons (Fsp3) is 0.625. The number of nitrogens with two attached hydrogens (primary N) is 1. The second-order valence-corrected chi connectivity index (χ2v) is 6.17. The van der Waals surface area contributed by atoms with E-state index >= 15 is 0 Å². The van der Waals surface area contributed by atoms with Gasteiger partial charge < -0.3 is 10.5 Å². The number of rotatable bonds is 4. The summed E-state index contributed by atoms with van der Waals surface area (Å²) in [6.07, 6.45) is 10.6. The molecule has 0 unspecified atom stereocenters. The smallest absolute Gasteiger partial charge is 0.329 e. The maximum absolute atomic E-state index is 13.9. The fourth-order valence-corrected chi connectivity index (χ4v) is 2.68. The Labute approximate surface area is 128 Å². The van der Waals surface area contributed by atoms with Gasteiger partial charge in [-0.2, -0.15) is 8.78 Å². The normalized spacial score (nSPS) is 32.0. The molecule has 6 heteroatoms. The van der Waals surface area contributed by atoms with Crippen molar-refractivity contribution in [3.8, 4) is 0 Å². The van der Waals surface area contributed by atoms with Gasteiger partial charge in [0.15, 0.2) is 5.11 Å². The minimum absolute atomic E-state index is 0.170. The number of nitrogens with zero attached hydrogens (tertiary/aromatic N) is 2. The van der Waals surface area contributed by atoms with Crippen molar-refractivity contribution in [1.82, 2.24) is 5.11 Å². The lowest BCUT2D eigenvalue weighted by Gasteiger charge is -2.25. The standard InChI is InChI=1S/C16H21F2N3O/c17-16(18)8-1-2-13(19)15(16)21-20-14-7-9-22-10-12(14)6-5-11-3-4-11/h5-7,10-11,13,15H,1-4,8-9,19H2/q+1/b6-5+,21-20?/t13-,15-/m1/s1. The molecule has 22 heavy (non-hydrogen) atoms. The topological polar surface area (TPSA) is 61.7 Å². The Kier molecular flexibility index (Phi) is 4.38. The Morgan fingerprint density at radius 3 is 2.91 bits per heavy atom. The third kappa shape index (κ3) is 3.61. The molecule has 1 heterocycles. The molecular weight excluding hydrogens is 288 g/mol. The maximum Gasteiger partial charge on any atom is 0.329 e. The molecule has 2 atom stereocenters. The summed E-state index contributed by atoms with van der Waals surface area (Å²) in [4.78, 5) is 0. The highest BCUT2D eigenvalue weighted by Gasteiger charge is 2.54. The average Bonchev–Trinajstić information content (AvgIpc) is 3.29. The molecular formula is C16H21F2N3O+. The van der Waals surface area contributed by atoms with Gasteiger partial charge in [0, 0.05) is 12.0 Å². The van der Waals surface area contributed by atoms with Crippen molar-refractivity contribution >= 4 is 0 Å². The number of halogens is 2. The predicted octanol–water partition coefficient (Wildman–Crippen LogP) is 3.05. The highest BCUT2D eigenvalue weighted by molar-refractivity contribution is 5.39. The molecule has 2 N–H and O–H groups in total. The van der Waals surface area contributed by atoms with Crippen LogP contribution in [0.2, 0.25) is 0 Å². The first kappa shape index (κ1) is 15.3. The van der Waals surface area contributed by atoms with E-state index in [1.807, 2.05) is 6.08 Å². The summed E-state index contributed by atoms with van der Waals surface area (Å²) in [6, 6.07) is -1.87. The van der Waals surface area contributed by atoms with Gasteiger partial charge in [-0.3, -0.25) is 0 Å². The molecule has 0 bridgehead atoms. The van der Waals surface area contributed by atoms with E-state index in [4.69, 9.17) is 10.5 Å². The third-order valence-electron chi connectivity index (χ3n) is 4.22. The molecule has 0 saturated heterocycles. The summed E-state index contributed by atoms with van der Waals surface area (Å²) in [7, 11) is 0. The van der Waals surface area contributed by atoms with Crippen LogP contribution in [0.3, 0.4) is 0 Å². The first-order chi connectivity index (χ1) is 10.6. The van der Waals surface area contributed by atoms with Crippen LogP contribution in [0.1, 0.15) is 32.1 Å². The summed E-state index contributed by atoms with van der Waals surface area (Å²) < 4.78 is 33.1. The van der Waals surface area contributed by atoms with Gasteiger partial charge in [-0.15, -0.1) is 0 Å². The summed E-state index contributed by atoms with van der Waals surface area (Å²) in [6.45, 7) is 0.377. The van der Waals surface area contributed by atoms with Crippen LogP contribution in [0, 0.1) is 5.92 Å². The van der Waals surface area contributed by atoms with Crippen molar-refractivity contribution in [3.05, 3.63) is 35.8 Å². The van der Waals surface area contributed by atoms with Crippen LogP contribution in [0.15, 0.2) is 40.9 Å². The first-order valence-corrected chi connectivity index (χ1v) is 7.81. The molecule has 3 aliphatic rings. The molecule has 3 rings (SSSR count). The quantitative estimate of drug-likeness (QED) is 0.811. The predicted molar refractivity (Wildman–Crippen MR) is 79.1 cm³/mol. The van der Waals surface area contributed by atoms with Gasteiger partial charge in [-0.1, -0.05) is 12.2 Å². The van der Waals surface area contributed by atoms with Gasteiger partial charge in [0.25, 0.3) is 0 Å². The number of azo groups is 1. The van der Waals surface area contributed by atoms with Crippen LogP contribution in [0.25, 0.3) is 0 Å². The maximum atomic E-state index is 13.9. The van der Waals surface area contributed by atoms with Crippen molar-refractivity contribution in [2.45, 2.75) is 50.1 Å². The highest BCUT2D eigenvalue weighted by Crippen LogP contribution is 2.34. The first-order valence-electron chi connectivity index (χ1n) is 7.81. The zero-order valence-corrected chi connectivity index (χ0v) is 12.4. The third-order valence-corrected chi connectivity index (χ3v) is 4.22. The highest BCUT2D eigenvalue weighted by atomic mass is 19.3. The molecule has 119 valence electrons. The summed E-state index contributed by atoms with van der Waals surface area (Å²) in [5.41, 5.74) is 7.16. The molecule has 0 spiro atoms. The molecule has 0 aromatic heterocycles. The van der Waals surface area contributed by atoms with Gasteiger partial charge in [0.05, 0.1) is 17.4 Å². The zero-order valence-electron chi connectivity index (χ0n) is 12.4. The minimum atomic E-state index is -2.87. The molecule has 2 aliphatic carbocycles. The second kappa shape index (κ2) is 6.28. The van der Waals surface area contributed by atoms with Gasteiger partial charge in [0.2, 0.25) is 0 Å². The van der Waals surface area contributed by atoms with E-state index in [0.717, 1.165) is 5.57 Å². The molecule has 2 fully saturated rings. The minimum Gasteiger partial charge on any atom is -0.496 e. The average molecular weight is 309 g/mol. The van der Waals surface area contributed by atoms with Gasteiger partial charge in [-0.05, 0) is 37.7 Å². The Hall–Kier alpha value is -1.56. The number of alkyl halides is 2. The van der Waals surface area contributed by atoms with E-state index in [2.05, 4.69) is 16.3 Å². The number of ether oxygens (including phenoxy) is 1. The fourth-order valence-electron chi connectivity index (χ4n) is 2.68. The van der Waals surface area contributed by atoms with E-state index in [1.54, 1.807) is 12.3 Å². The van der Waals surface area contributed by atoms with Gasteiger partial charge in [-0.25, -0.2) is 0 Å². The lowest BCUT2D eigenvalue weighted by molar-refractivity contribution is -0.0656. The van der Waals surface area contributed by atoms with Crippen LogP contribution < -0.4 is 10.8 Å². The van der Waals surface area contributed by atoms with E-state index in [1.165, 1.54) is 12.8 Å². The SMILES string of the molecule is N[C@@H]1CCCC(F)(F)[C@@H]1[N+]=NC1=CCOC=C1/C=C/C1CC1. The van der Waals surface area contributed by atoms with Gasteiger partial charge >= 0.3 is 12.0 Å². The van der Waals surface area contributed by atoms with Crippen molar-refractivity contribution in [1.29, 1.82) is 0 Å². The largest absolute Gasteiger partial charge is 0.496 e. The van der Waals surface area contributed by atoms with Crippen molar-refractivity contribution < 1.29 is 13.5 Å². The Morgan fingerprint density at radius 2 is 2.18 bits per heavy atom. The van der Waals surface area contributed by atoms with Crippen LogP contribution in [0.5, 0.6) is 0 Å². The zero-order chi connectivity index (χ0) is 15.6. The monoisotopic (exact) mass is 309 g/mol. The molecule has 0 aromatic rings. The van der Waals surface area contributed by atoms with Crippen molar-refractivity contribution in [3.63, 3.8) is 0 Å². The van der Waals surface area contributed by atoms with Crippen LogP contribution >= 0.6 is 0 Å². The van der Waals surface area contributed by atoms with E-state index in [0.29, 0.717) is 31.1 Å². The molecule has 1 aliphatic heterocycles. The van der Waals surface area contributed by atoms with E-state index in [-0.39, 0.29) is 6.42 Å². The molecule has 0 amide bonds. The lowest BCUT2D eigenvalue weighted by Crippen LogP contribution is -2.52. The molecule has 0 aromatic carbocycles. The second-order valence-electron chi connectivity index (χ2n) is 6.17.